The lowest BCUT2D eigenvalue weighted by Crippen LogP contribution is -2.30. The van der Waals surface area contributed by atoms with Crippen molar-refractivity contribution in [2.24, 2.45) is 0 Å². The molecule has 0 amide bonds. The smallest absolute Gasteiger partial charge is 0.0323 e. The minimum atomic E-state index is 0.556. The minimum Gasteiger partial charge on any atom is -0.310 e. The largest absolute Gasteiger partial charge is 0.310 e. The molecule has 2 N–H and O–H groups in total. The molecule has 0 aliphatic heterocycles. The van der Waals surface area contributed by atoms with Crippen LogP contribution in [-0.2, 0) is 12.8 Å². The quantitative estimate of drug-likeness (QED) is 0.748. The molecule has 0 unspecified atom stereocenters. The van der Waals surface area contributed by atoms with E-state index in [1.54, 1.807) is 11.1 Å². The fourth-order valence-electron chi connectivity index (χ4n) is 4.57. The van der Waals surface area contributed by atoms with Crippen molar-refractivity contribution in [3.05, 3.63) is 70.8 Å². The van der Waals surface area contributed by atoms with Crippen molar-refractivity contribution in [1.82, 2.24) is 10.6 Å². The van der Waals surface area contributed by atoms with E-state index < -0.39 is 0 Å². The molecule has 2 aromatic carbocycles. The summed E-state index contributed by atoms with van der Waals surface area (Å²) in [5, 5.41) is 7.59. The second-order valence-corrected chi connectivity index (χ2v) is 7.55. The van der Waals surface area contributed by atoms with E-state index in [4.69, 9.17) is 0 Å². The predicted octanol–water partition coefficient (Wildman–Crippen LogP) is 4.71. The summed E-state index contributed by atoms with van der Waals surface area (Å²) in [6.07, 6.45) is 8.86. The first-order chi connectivity index (χ1) is 12.4. The van der Waals surface area contributed by atoms with Gasteiger partial charge in [-0.2, -0.15) is 0 Å². The molecule has 0 saturated heterocycles. The van der Waals surface area contributed by atoms with Crippen molar-refractivity contribution in [3.8, 4) is 0 Å². The van der Waals surface area contributed by atoms with Gasteiger partial charge in [-0.1, -0.05) is 48.5 Å². The van der Waals surface area contributed by atoms with Crippen molar-refractivity contribution in [3.63, 3.8) is 0 Å². The third-order valence-electron chi connectivity index (χ3n) is 5.87. The molecule has 0 spiro atoms. The molecule has 2 heteroatoms. The number of aryl methyl sites for hydroxylation is 2. The maximum absolute atomic E-state index is 3.79. The van der Waals surface area contributed by atoms with E-state index in [1.807, 2.05) is 0 Å². The summed E-state index contributed by atoms with van der Waals surface area (Å²) in [5.74, 6) is 0. The van der Waals surface area contributed by atoms with Crippen LogP contribution in [0.4, 0.5) is 0 Å². The Bertz CT molecular complexity index is 634. The van der Waals surface area contributed by atoms with Gasteiger partial charge in [-0.3, -0.25) is 0 Å². The predicted molar refractivity (Wildman–Crippen MR) is 105 cm³/mol. The fourth-order valence-corrected chi connectivity index (χ4v) is 4.57. The third kappa shape index (κ3) is 3.96. The van der Waals surface area contributed by atoms with E-state index in [1.165, 1.54) is 56.1 Å². The van der Waals surface area contributed by atoms with Gasteiger partial charge < -0.3 is 10.6 Å². The van der Waals surface area contributed by atoms with Crippen molar-refractivity contribution in [1.29, 1.82) is 0 Å². The minimum absolute atomic E-state index is 0.556. The molecule has 0 heterocycles. The number of benzene rings is 2. The molecular formula is C23H30N2. The molecule has 0 fully saturated rings. The number of hydrogen-bond donors (Lipinski definition) is 2. The Hall–Kier alpha value is -1.64. The molecule has 2 aromatic rings. The molecule has 132 valence electrons. The molecule has 0 aromatic heterocycles. The highest BCUT2D eigenvalue weighted by Crippen LogP contribution is 2.30. The van der Waals surface area contributed by atoms with Crippen LogP contribution < -0.4 is 10.6 Å². The average molecular weight is 335 g/mol. The first-order valence-corrected chi connectivity index (χ1v) is 10.0. The van der Waals surface area contributed by atoms with Gasteiger partial charge >= 0.3 is 0 Å². The zero-order valence-corrected chi connectivity index (χ0v) is 15.1. The lowest BCUT2D eigenvalue weighted by molar-refractivity contribution is 0.426. The van der Waals surface area contributed by atoms with E-state index in [2.05, 4.69) is 59.2 Å². The highest BCUT2D eigenvalue weighted by atomic mass is 14.9. The van der Waals surface area contributed by atoms with Gasteiger partial charge in [0.25, 0.3) is 0 Å². The third-order valence-corrected chi connectivity index (χ3v) is 5.87. The molecule has 2 nitrogen and oxygen atoms in total. The first kappa shape index (κ1) is 16.8. The van der Waals surface area contributed by atoms with Gasteiger partial charge in [-0.15, -0.1) is 0 Å². The highest BCUT2D eigenvalue weighted by Gasteiger charge is 2.20. The molecule has 2 aliphatic rings. The summed E-state index contributed by atoms with van der Waals surface area (Å²) in [4.78, 5) is 0. The van der Waals surface area contributed by atoms with Gasteiger partial charge in [0.2, 0.25) is 0 Å². The molecule has 2 atom stereocenters. The van der Waals surface area contributed by atoms with Gasteiger partial charge in [0.1, 0.15) is 0 Å². The molecule has 25 heavy (non-hydrogen) atoms. The average Bonchev–Trinajstić information content (AvgIpc) is 2.68. The lowest BCUT2D eigenvalue weighted by atomic mass is 9.87. The summed E-state index contributed by atoms with van der Waals surface area (Å²) in [6.45, 7) is 2.20. The van der Waals surface area contributed by atoms with E-state index >= 15 is 0 Å². The van der Waals surface area contributed by atoms with Crippen LogP contribution in [0.2, 0.25) is 0 Å². The molecule has 0 radical (unpaired) electrons. The summed E-state index contributed by atoms with van der Waals surface area (Å²) in [5.41, 5.74) is 6.15. The Morgan fingerprint density at radius 1 is 0.680 bits per heavy atom. The van der Waals surface area contributed by atoms with Crippen LogP contribution in [0.15, 0.2) is 48.5 Å². The second-order valence-electron chi connectivity index (χ2n) is 7.55. The Morgan fingerprint density at radius 2 is 1.16 bits per heavy atom. The molecule has 0 bridgehead atoms. The standard InChI is InChI=1S/C23H30N2/c1-3-12-20-18(8-1)10-5-14-22(20)24-16-7-17-25-23-15-6-11-19-9-2-4-13-21(19)23/h1-4,8-9,12-13,22-25H,5-7,10-11,14-17H2/t22-,23-/m0/s1. The maximum Gasteiger partial charge on any atom is 0.0323 e. The van der Waals surface area contributed by atoms with Crippen LogP contribution in [-0.4, -0.2) is 13.1 Å². The van der Waals surface area contributed by atoms with Gasteiger partial charge in [0, 0.05) is 12.1 Å². The van der Waals surface area contributed by atoms with Gasteiger partial charge in [0.05, 0.1) is 0 Å². The molecule has 0 saturated carbocycles. The fraction of sp³-hybridized carbons (Fsp3) is 0.478. The Balaban J connectivity index is 1.24. The van der Waals surface area contributed by atoms with Crippen LogP contribution >= 0.6 is 0 Å². The molecular weight excluding hydrogens is 304 g/mol. The van der Waals surface area contributed by atoms with Crippen LogP contribution in [0.25, 0.3) is 0 Å². The van der Waals surface area contributed by atoms with Crippen molar-refractivity contribution in [2.75, 3.05) is 13.1 Å². The Morgan fingerprint density at radius 3 is 1.68 bits per heavy atom. The summed E-state index contributed by atoms with van der Waals surface area (Å²) < 4.78 is 0. The lowest BCUT2D eigenvalue weighted by Gasteiger charge is -2.28. The van der Waals surface area contributed by atoms with E-state index in [9.17, 15) is 0 Å². The van der Waals surface area contributed by atoms with Gasteiger partial charge in [-0.05, 0) is 80.3 Å². The second kappa shape index (κ2) is 8.16. The SMILES string of the molecule is c1ccc2c(c1)CCC[C@@H]2NCCCN[C@H]1CCCc2ccccc21. The first-order valence-electron chi connectivity index (χ1n) is 10.0. The summed E-state index contributed by atoms with van der Waals surface area (Å²) in [7, 11) is 0. The number of fused-ring (bicyclic) bond motifs is 2. The molecule has 4 rings (SSSR count). The van der Waals surface area contributed by atoms with Crippen LogP contribution in [0.3, 0.4) is 0 Å². The Kier molecular flexibility index (Phi) is 5.49. The van der Waals surface area contributed by atoms with Crippen LogP contribution in [0.1, 0.15) is 66.4 Å². The van der Waals surface area contributed by atoms with Crippen LogP contribution in [0, 0.1) is 0 Å². The Labute approximate surface area is 152 Å². The maximum atomic E-state index is 3.79. The zero-order valence-electron chi connectivity index (χ0n) is 15.1. The number of hydrogen-bond acceptors (Lipinski definition) is 2. The highest BCUT2D eigenvalue weighted by molar-refractivity contribution is 5.33. The summed E-state index contributed by atoms with van der Waals surface area (Å²) >= 11 is 0. The monoisotopic (exact) mass is 334 g/mol. The van der Waals surface area contributed by atoms with Crippen molar-refractivity contribution >= 4 is 0 Å². The number of nitrogens with one attached hydrogen (secondary N) is 2. The van der Waals surface area contributed by atoms with Crippen molar-refractivity contribution in [2.45, 2.75) is 57.0 Å². The number of rotatable bonds is 6. The molecule has 2 aliphatic carbocycles. The van der Waals surface area contributed by atoms with Crippen molar-refractivity contribution < 1.29 is 0 Å². The van der Waals surface area contributed by atoms with E-state index in [-0.39, 0.29) is 0 Å². The normalized spacial score (nSPS) is 22.2. The topological polar surface area (TPSA) is 24.1 Å². The van der Waals surface area contributed by atoms with E-state index in [0.717, 1.165) is 13.1 Å². The zero-order chi connectivity index (χ0) is 16.9. The van der Waals surface area contributed by atoms with E-state index in [0.29, 0.717) is 12.1 Å². The van der Waals surface area contributed by atoms with Gasteiger partial charge in [0.15, 0.2) is 0 Å². The van der Waals surface area contributed by atoms with Gasteiger partial charge in [-0.25, -0.2) is 0 Å². The summed E-state index contributed by atoms with van der Waals surface area (Å²) in [6, 6.07) is 19.0. The van der Waals surface area contributed by atoms with Crippen LogP contribution in [0.5, 0.6) is 0 Å².